The molecule has 110 valence electrons. The second-order valence-electron chi connectivity index (χ2n) is 4.99. The van der Waals surface area contributed by atoms with Crippen LogP contribution in [0.1, 0.15) is 19.3 Å². The molecule has 1 aromatic heterocycles. The van der Waals surface area contributed by atoms with E-state index in [1.165, 1.54) is 16.9 Å². The first kappa shape index (κ1) is 13.3. The number of nitro benzene ring substituents is 1. The lowest BCUT2D eigenvalue weighted by Crippen LogP contribution is -2.33. The first-order valence-electron chi connectivity index (χ1n) is 6.79. The summed E-state index contributed by atoms with van der Waals surface area (Å²) in [6.45, 7) is 1.66. The molecule has 0 amide bonds. The molecule has 0 bridgehead atoms. The summed E-state index contributed by atoms with van der Waals surface area (Å²) < 4.78 is 5.88. The van der Waals surface area contributed by atoms with Crippen LogP contribution in [-0.4, -0.2) is 23.3 Å². The van der Waals surface area contributed by atoms with Gasteiger partial charge in [0.15, 0.2) is 0 Å². The van der Waals surface area contributed by atoms with Gasteiger partial charge in [-0.25, -0.2) is 4.79 Å². The Morgan fingerprint density at radius 3 is 2.67 bits per heavy atom. The molecule has 0 aliphatic carbocycles. The molecule has 3 rings (SSSR count). The van der Waals surface area contributed by atoms with Crippen LogP contribution in [0.4, 0.5) is 11.4 Å². The summed E-state index contributed by atoms with van der Waals surface area (Å²) in [5.74, 6) is 0. The predicted molar refractivity (Wildman–Crippen MR) is 73.6 cm³/mol. The summed E-state index contributed by atoms with van der Waals surface area (Å²) in [6.07, 6.45) is 4.44. The minimum atomic E-state index is -0.544. The monoisotopic (exact) mass is 291 g/mol. The smallest absolute Gasteiger partial charge is 0.366 e. The molecule has 1 aliphatic rings. The van der Waals surface area contributed by atoms with Gasteiger partial charge in [-0.3, -0.25) is 14.6 Å². The van der Waals surface area contributed by atoms with Crippen LogP contribution in [0.5, 0.6) is 0 Å². The number of aromatic amines is 1. The summed E-state index contributed by atoms with van der Waals surface area (Å²) in [6, 6.07) is 4.88. The molecule has 0 atom stereocenters. The second kappa shape index (κ2) is 5.39. The zero-order valence-electron chi connectivity index (χ0n) is 11.3. The van der Waals surface area contributed by atoms with Crippen molar-refractivity contribution in [2.75, 3.05) is 18.0 Å². The zero-order chi connectivity index (χ0) is 14.8. The highest BCUT2D eigenvalue weighted by Gasteiger charge is 2.24. The maximum Gasteiger partial charge on any atom is 0.427 e. The van der Waals surface area contributed by atoms with Crippen LogP contribution in [0.3, 0.4) is 0 Å². The van der Waals surface area contributed by atoms with Crippen molar-refractivity contribution in [3.63, 3.8) is 0 Å². The highest BCUT2D eigenvalue weighted by atomic mass is 16.6. The van der Waals surface area contributed by atoms with E-state index in [-0.39, 0.29) is 5.69 Å². The van der Waals surface area contributed by atoms with Crippen molar-refractivity contribution in [3.8, 4) is 5.69 Å². The number of nitrogens with one attached hydrogen (secondary N) is 1. The lowest BCUT2D eigenvalue weighted by Gasteiger charge is -2.28. The Morgan fingerprint density at radius 1 is 1.29 bits per heavy atom. The Hall–Kier alpha value is -2.64. The van der Waals surface area contributed by atoms with Crippen molar-refractivity contribution < 1.29 is 14.1 Å². The van der Waals surface area contributed by atoms with Crippen molar-refractivity contribution in [2.45, 2.75) is 19.3 Å². The number of hydrogen-bond donors (Lipinski definition) is 1. The molecule has 0 spiro atoms. The number of nitro groups is 1. The number of H-pyrrole nitrogens is 1. The third-order valence-electron chi connectivity index (χ3n) is 3.61. The molecule has 0 unspecified atom stereocenters. The van der Waals surface area contributed by atoms with E-state index in [0.29, 0.717) is 11.4 Å². The molecule has 1 aromatic carbocycles. The third-order valence-corrected chi connectivity index (χ3v) is 3.61. The van der Waals surface area contributed by atoms with E-state index in [9.17, 15) is 14.9 Å². The van der Waals surface area contributed by atoms with E-state index in [4.69, 9.17) is 0 Å². The molecule has 1 saturated heterocycles. The van der Waals surface area contributed by atoms with Crippen molar-refractivity contribution >= 4 is 11.4 Å². The SMILES string of the molecule is O=c1c[n+](-c2ccc(N3CCCCC3)c([N+](=O)[O-])c2)[nH]o1. The Bertz CT molecular complexity index is 715. The van der Waals surface area contributed by atoms with E-state index in [2.05, 4.69) is 9.79 Å². The fourth-order valence-corrected chi connectivity index (χ4v) is 2.59. The number of aromatic nitrogens is 2. The molecule has 1 N–H and O–H groups in total. The van der Waals surface area contributed by atoms with Gasteiger partial charge >= 0.3 is 5.63 Å². The van der Waals surface area contributed by atoms with Gasteiger partial charge < -0.3 is 4.90 Å². The number of benzene rings is 1. The lowest BCUT2D eigenvalue weighted by molar-refractivity contribution is -0.670. The highest BCUT2D eigenvalue weighted by molar-refractivity contribution is 5.65. The van der Waals surface area contributed by atoms with Gasteiger partial charge in [0.25, 0.3) is 11.9 Å². The molecule has 1 fully saturated rings. The minimum Gasteiger partial charge on any atom is -0.366 e. The number of nitrogens with zero attached hydrogens (tertiary/aromatic N) is 3. The predicted octanol–water partition coefficient (Wildman–Crippen LogP) is 1.14. The van der Waals surface area contributed by atoms with Crippen molar-refractivity contribution in [1.29, 1.82) is 0 Å². The normalized spacial score (nSPS) is 15.1. The minimum absolute atomic E-state index is 0.0314. The van der Waals surface area contributed by atoms with Crippen molar-refractivity contribution in [1.82, 2.24) is 5.27 Å². The van der Waals surface area contributed by atoms with Gasteiger partial charge in [0, 0.05) is 19.2 Å². The van der Waals surface area contributed by atoms with Crippen LogP contribution in [0, 0.1) is 10.1 Å². The summed E-state index contributed by atoms with van der Waals surface area (Å²) >= 11 is 0. The fourth-order valence-electron chi connectivity index (χ4n) is 2.59. The maximum atomic E-state index is 11.3. The number of anilines is 1. The standard InChI is InChI=1S/C13H14N4O4/c18-13-9-16(14-21-13)10-4-5-11(12(8-10)17(19)20)15-6-2-1-3-7-15/h4-5,8-9H,1-3,6-7H2/p+1. The highest BCUT2D eigenvalue weighted by Crippen LogP contribution is 2.31. The second-order valence-corrected chi connectivity index (χ2v) is 4.99. The van der Waals surface area contributed by atoms with Gasteiger partial charge in [-0.05, 0) is 35.3 Å². The van der Waals surface area contributed by atoms with E-state index in [0.717, 1.165) is 32.4 Å². The van der Waals surface area contributed by atoms with Crippen molar-refractivity contribution in [3.05, 3.63) is 44.9 Å². The number of rotatable bonds is 3. The van der Waals surface area contributed by atoms with Gasteiger partial charge in [-0.2, -0.15) is 0 Å². The van der Waals surface area contributed by atoms with Gasteiger partial charge in [0.1, 0.15) is 5.69 Å². The molecule has 8 heteroatoms. The molecular formula is C13H15N4O4+. The average molecular weight is 291 g/mol. The van der Waals surface area contributed by atoms with Crippen LogP contribution >= 0.6 is 0 Å². The van der Waals surface area contributed by atoms with Crippen LogP contribution in [0.15, 0.2) is 33.7 Å². The van der Waals surface area contributed by atoms with Gasteiger partial charge in [0.2, 0.25) is 5.69 Å². The first-order chi connectivity index (χ1) is 10.1. The molecule has 0 radical (unpaired) electrons. The van der Waals surface area contributed by atoms with Crippen LogP contribution in [0.2, 0.25) is 0 Å². The Morgan fingerprint density at radius 2 is 2.05 bits per heavy atom. The van der Waals surface area contributed by atoms with E-state index in [1.807, 2.05) is 4.90 Å². The topological polar surface area (TPSA) is 96.3 Å². The zero-order valence-corrected chi connectivity index (χ0v) is 11.3. The largest absolute Gasteiger partial charge is 0.427 e. The summed E-state index contributed by atoms with van der Waals surface area (Å²) in [4.78, 5) is 24.0. The summed E-state index contributed by atoms with van der Waals surface area (Å²) in [5, 5.41) is 13.7. The number of hydrogen-bond acceptors (Lipinski definition) is 5. The quantitative estimate of drug-likeness (QED) is 0.519. The van der Waals surface area contributed by atoms with Crippen LogP contribution in [-0.2, 0) is 0 Å². The van der Waals surface area contributed by atoms with Crippen LogP contribution < -0.4 is 15.2 Å². The lowest BCUT2D eigenvalue weighted by atomic mass is 10.1. The van der Waals surface area contributed by atoms with Crippen molar-refractivity contribution in [2.24, 2.45) is 0 Å². The van der Waals surface area contributed by atoms with Gasteiger partial charge in [-0.1, -0.05) is 0 Å². The van der Waals surface area contributed by atoms with E-state index >= 15 is 0 Å². The number of piperidine rings is 1. The average Bonchev–Trinajstić information content (AvgIpc) is 2.94. The Balaban J connectivity index is 2.01. The van der Waals surface area contributed by atoms with Crippen LogP contribution in [0.25, 0.3) is 5.69 Å². The summed E-state index contributed by atoms with van der Waals surface area (Å²) in [7, 11) is 0. The molecule has 1 aliphatic heterocycles. The summed E-state index contributed by atoms with van der Waals surface area (Å²) in [5.41, 5.74) is 0.588. The molecule has 0 saturated carbocycles. The Kier molecular flexibility index (Phi) is 3.43. The van der Waals surface area contributed by atoms with E-state index < -0.39 is 10.5 Å². The third kappa shape index (κ3) is 2.64. The first-order valence-corrected chi connectivity index (χ1v) is 6.79. The van der Waals surface area contributed by atoms with E-state index in [1.54, 1.807) is 12.1 Å². The Labute approximate surface area is 119 Å². The van der Waals surface area contributed by atoms with Gasteiger partial charge in [0.05, 0.1) is 11.0 Å². The maximum absolute atomic E-state index is 11.3. The molecule has 2 aromatic rings. The van der Waals surface area contributed by atoms with Gasteiger partial charge in [-0.15, -0.1) is 0 Å². The molecule has 8 nitrogen and oxygen atoms in total. The molecular weight excluding hydrogens is 276 g/mol. The molecule has 21 heavy (non-hydrogen) atoms. The molecule has 2 heterocycles. The fraction of sp³-hybridized carbons (Fsp3) is 0.385.